The van der Waals surface area contributed by atoms with E-state index in [1.807, 2.05) is 0 Å². The summed E-state index contributed by atoms with van der Waals surface area (Å²) in [7, 11) is -4.31. The number of sulfonamides is 1. The Hall–Kier alpha value is -1.87. The Morgan fingerprint density at radius 2 is 1.96 bits per heavy atom. The van der Waals surface area contributed by atoms with Gasteiger partial charge in [0.05, 0.1) is 10.7 Å². The van der Waals surface area contributed by atoms with Crippen molar-refractivity contribution in [1.29, 1.82) is 0 Å². The third-order valence-electron chi connectivity index (χ3n) is 3.67. The first-order chi connectivity index (χ1) is 11.7. The molecule has 0 saturated carbocycles. The van der Waals surface area contributed by atoms with Crippen LogP contribution in [0.15, 0.2) is 41.3 Å². The van der Waals surface area contributed by atoms with Gasteiger partial charge in [0.2, 0.25) is 10.0 Å². The molecule has 0 aromatic heterocycles. The number of carbonyl (C=O) groups is 1. The van der Waals surface area contributed by atoms with E-state index in [1.165, 1.54) is 30.3 Å². The number of carboxylic acid groups (broad SMARTS) is 1. The zero-order valence-electron chi connectivity index (χ0n) is 12.4. The van der Waals surface area contributed by atoms with E-state index < -0.39 is 34.5 Å². The third kappa shape index (κ3) is 3.18. The maximum absolute atomic E-state index is 13.9. The van der Waals surface area contributed by atoms with Gasteiger partial charge >= 0.3 is 5.97 Å². The van der Waals surface area contributed by atoms with Crippen molar-refractivity contribution < 1.29 is 22.7 Å². The monoisotopic (exact) mass is 404 g/mol. The van der Waals surface area contributed by atoms with Crippen LogP contribution in [-0.2, 0) is 21.4 Å². The molecule has 1 atom stereocenters. The minimum atomic E-state index is -4.31. The minimum Gasteiger partial charge on any atom is -0.479 e. The highest BCUT2D eigenvalue weighted by Gasteiger charge is 2.43. The standard InChI is InChI=1S/C15H11Cl2FN2O4S/c16-9-5-10(17)13-12(6-9)19-14(15(21)22)20(25(13,23)24)7-8-3-1-2-4-11(8)18/h1-6,14,19H,7H2,(H,21,22). The van der Waals surface area contributed by atoms with Gasteiger partial charge < -0.3 is 10.4 Å². The van der Waals surface area contributed by atoms with Crippen molar-refractivity contribution in [1.82, 2.24) is 4.31 Å². The van der Waals surface area contributed by atoms with Crippen molar-refractivity contribution in [2.45, 2.75) is 17.6 Å². The van der Waals surface area contributed by atoms with Gasteiger partial charge in [-0.3, -0.25) is 0 Å². The van der Waals surface area contributed by atoms with Gasteiger partial charge in [0.15, 0.2) is 6.17 Å². The van der Waals surface area contributed by atoms with Gasteiger partial charge in [0.1, 0.15) is 10.7 Å². The first-order valence-electron chi connectivity index (χ1n) is 6.95. The van der Waals surface area contributed by atoms with Crippen LogP contribution >= 0.6 is 23.2 Å². The molecule has 0 saturated heterocycles. The van der Waals surface area contributed by atoms with Crippen LogP contribution in [0.5, 0.6) is 0 Å². The number of nitrogens with zero attached hydrogens (tertiary/aromatic N) is 1. The Balaban J connectivity index is 2.16. The molecule has 3 rings (SSSR count). The second kappa shape index (κ2) is 6.45. The lowest BCUT2D eigenvalue weighted by atomic mass is 10.2. The fourth-order valence-electron chi connectivity index (χ4n) is 2.56. The quantitative estimate of drug-likeness (QED) is 0.820. The number of anilines is 1. The fraction of sp³-hybridized carbons (Fsp3) is 0.133. The second-order valence-electron chi connectivity index (χ2n) is 5.29. The van der Waals surface area contributed by atoms with Gasteiger partial charge in [0, 0.05) is 17.1 Å². The summed E-state index contributed by atoms with van der Waals surface area (Å²) in [5.74, 6) is -2.09. The molecule has 6 nitrogen and oxygen atoms in total. The molecule has 0 bridgehead atoms. The lowest BCUT2D eigenvalue weighted by Gasteiger charge is -2.35. The maximum atomic E-state index is 13.9. The highest BCUT2D eigenvalue weighted by molar-refractivity contribution is 7.89. The van der Waals surface area contributed by atoms with E-state index in [4.69, 9.17) is 23.2 Å². The number of hydrogen-bond acceptors (Lipinski definition) is 4. The molecule has 2 aromatic rings. The summed E-state index contributed by atoms with van der Waals surface area (Å²) in [5, 5.41) is 12.0. The number of hydrogen-bond donors (Lipinski definition) is 2. The number of benzene rings is 2. The van der Waals surface area contributed by atoms with Crippen molar-refractivity contribution in [2.24, 2.45) is 0 Å². The van der Waals surface area contributed by atoms with Crippen molar-refractivity contribution in [3.8, 4) is 0 Å². The van der Waals surface area contributed by atoms with Crippen LogP contribution in [-0.4, -0.2) is 30.0 Å². The SMILES string of the molecule is O=C(O)C1Nc2cc(Cl)cc(Cl)c2S(=O)(=O)N1Cc1ccccc1F. The predicted molar refractivity (Wildman–Crippen MR) is 90.6 cm³/mol. The van der Waals surface area contributed by atoms with Crippen molar-refractivity contribution in [2.75, 3.05) is 5.32 Å². The topological polar surface area (TPSA) is 86.7 Å². The van der Waals surface area contributed by atoms with E-state index in [2.05, 4.69) is 5.32 Å². The van der Waals surface area contributed by atoms with Gasteiger partial charge in [-0.2, -0.15) is 4.31 Å². The van der Waals surface area contributed by atoms with Crippen molar-refractivity contribution in [3.05, 3.63) is 57.8 Å². The summed E-state index contributed by atoms with van der Waals surface area (Å²) in [4.78, 5) is 11.3. The zero-order valence-corrected chi connectivity index (χ0v) is 14.7. The highest BCUT2D eigenvalue weighted by Crippen LogP contribution is 2.40. The number of aliphatic carboxylic acids is 1. The van der Waals surface area contributed by atoms with Crippen LogP contribution in [0.1, 0.15) is 5.56 Å². The molecule has 1 aliphatic heterocycles. The summed E-state index contributed by atoms with van der Waals surface area (Å²) in [6, 6.07) is 8.03. The van der Waals surface area contributed by atoms with Gasteiger partial charge in [-0.15, -0.1) is 0 Å². The van der Waals surface area contributed by atoms with Gasteiger partial charge in [0.25, 0.3) is 0 Å². The minimum absolute atomic E-state index is 0.0188. The number of carboxylic acids is 1. The Kier molecular flexibility index (Phi) is 4.63. The van der Waals surface area contributed by atoms with Crippen LogP contribution < -0.4 is 5.32 Å². The average molecular weight is 405 g/mol. The number of fused-ring (bicyclic) bond motifs is 1. The molecule has 0 radical (unpaired) electrons. The number of halogens is 3. The Morgan fingerprint density at radius 3 is 2.60 bits per heavy atom. The van der Waals surface area contributed by atoms with Crippen LogP contribution in [0.3, 0.4) is 0 Å². The molecule has 0 fully saturated rings. The molecular weight excluding hydrogens is 394 g/mol. The first kappa shape index (κ1) is 17.9. The van der Waals surface area contributed by atoms with E-state index in [9.17, 15) is 22.7 Å². The van der Waals surface area contributed by atoms with Crippen LogP contribution in [0.4, 0.5) is 10.1 Å². The molecular formula is C15H11Cl2FN2O4S. The van der Waals surface area contributed by atoms with Gasteiger partial charge in [-0.1, -0.05) is 41.4 Å². The van der Waals surface area contributed by atoms with E-state index in [0.29, 0.717) is 4.31 Å². The molecule has 1 aliphatic rings. The van der Waals surface area contributed by atoms with Gasteiger partial charge in [-0.25, -0.2) is 17.6 Å². The number of nitrogens with one attached hydrogen (secondary N) is 1. The zero-order chi connectivity index (χ0) is 18.4. The molecule has 2 aromatic carbocycles. The Labute approximate surface area is 152 Å². The third-order valence-corrected chi connectivity index (χ3v) is 6.21. The van der Waals surface area contributed by atoms with E-state index in [1.54, 1.807) is 0 Å². The summed E-state index contributed by atoms with van der Waals surface area (Å²) < 4.78 is 40.4. The summed E-state index contributed by atoms with van der Waals surface area (Å²) in [5.41, 5.74) is 0.0161. The molecule has 0 aliphatic carbocycles. The van der Waals surface area contributed by atoms with Crippen molar-refractivity contribution >= 4 is 44.9 Å². The highest BCUT2D eigenvalue weighted by atomic mass is 35.5. The maximum Gasteiger partial charge on any atom is 0.342 e. The fourth-order valence-corrected chi connectivity index (χ4v) is 5.01. The van der Waals surface area contributed by atoms with Crippen LogP contribution in [0.2, 0.25) is 10.0 Å². The first-order valence-corrected chi connectivity index (χ1v) is 9.15. The molecule has 1 heterocycles. The average Bonchev–Trinajstić information content (AvgIpc) is 2.50. The number of rotatable bonds is 3. The molecule has 0 spiro atoms. The predicted octanol–water partition coefficient (Wildman–Crippen LogP) is 3.16. The van der Waals surface area contributed by atoms with E-state index in [-0.39, 0.29) is 26.2 Å². The van der Waals surface area contributed by atoms with Gasteiger partial charge in [-0.05, 0) is 18.2 Å². The summed E-state index contributed by atoms with van der Waals surface area (Å²) in [6.07, 6.45) is -1.63. The Bertz CT molecular complexity index is 968. The lowest BCUT2D eigenvalue weighted by molar-refractivity contribution is -0.140. The molecule has 132 valence electrons. The molecule has 1 unspecified atom stereocenters. The van der Waals surface area contributed by atoms with Crippen LogP contribution in [0, 0.1) is 5.82 Å². The smallest absolute Gasteiger partial charge is 0.342 e. The van der Waals surface area contributed by atoms with E-state index in [0.717, 1.165) is 6.07 Å². The van der Waals surface area contributed by atoms with Crippen LogP contribution in [0.25, 0.3) is 0 Å². The summed E-state index contributed by atoms with van der Waals surface area (Å²) >= 11 is 11.9. The Morgan fingerprint density at radius 1 is 1.28 bits per heavy atom. The molecule has 0 amide bonds. The van der Waals surface area contributed by atoms with Crippen molar-refractivity contribution in [3.63, 3.8) is 0 Å². The molecule has 25 heavy (non-hydrogen) atoms. The summed E-state index contributed by atoms with van der Waals surface area (Å²) in [6.45, 7) is -0.475. The largest absolute Gasteiger partial charge is 0.479 e. The normalized spacial score (nSPS) is 19.1. The molecule has 2 N–H and O–H groups in total. The lowest BCUT2D eigenvalue weighted by Crippen LogP contribution is -2.52. The molecule has 10 heteroatoms. The van der Waals surface area contributed by atoms with E-state index >= 15 is 0 Å². The second-order valence-corrected chi connectivity index (χ2v) is 7.96.